The molecule has 18 heavy (non-hydrogen) atoms. The average Bonchev–Trinajstić information content (AvgIpc) is 3.11. The van der Waals surface area contributed by atoms with Gasteiger partial charge in [0.25, 0.3) is 0 Å². The molecule has 3 nitrogen and oxygen atoms in total. The molecule has 0 bridgehead atoms. The van der Waals surface area contributed by atoms with Gasteiger partial charge in [-0.1, -0.05) is 18.2 Å². The lowest BCUT2D eigenvalue weighted by atomic mass is 10.1. The van der Waals surface area contributed by atoms with E-state index in [0.29, 0.717) is 11.8 Å². The van der Waals surface area contributed by atoms with Crippen LogP contribution in [0.1, 0.15) is 30.4 Å². The second-order valence-corrected chi connectivity index (χ2v) is 5.68. The van der Waals surface area contributed by atoms with Crippen LogP contribution >= 0.6 is 0 Å². The van der Waals surface area contributed by atoms with E-state index < -0.39 is 0 Å². The molecule has 98 valence electrons. The van der Waals surface area contributed by atoms with Gasteiger partial charge < -0.3 is 10.4 Å². The minimum Gasteiger partial charge on any atom is -0.507 e. The molecule has 1 aromatic rings. The zero-order chi connectivity index (χ0) is 12.5. The molecule has 1 heterocycles. The van der Waals surface area contributed by atoms with Crippen LogP contribution in [0.15, 0.2) is 18.2 Å². The molecular formula is C15H22N2O. The molecule has 1 saturated heterocycles. The third-order valence-corrected chi connectivity index (χ3v) is 4.19. The number of nitrogens with zero attached hydrogens (tertiary/aromatic N) is 1. The molecule has 2 N–H and O–H groups in total. The SMILES string of the molecule is Cc1cccc(CNC2CCN(C3CC3)C2)c1O. The minimum absolute atomic E-state index is 0.446. The lowest BCUT2D eigenvalue weighted by molar-refractivity contribution is 0.317. The van der Waals surface area contributed by atoms with Crippen molar-refractivity contribution >= 4 is 0 Å². The van der Waals surface area contributed by atoms with E-state index in [1.54, 1.807) is 0 Å². The molecule has 1 saturated carbocycles. The predicted octanol–water partition coefficient (Wildman–Crippen LogP) is 2.03. The summed E-state index contributed by atoms with van der Waals surface area (Å²) in [5, 5.41) is 13.5. The van der Waals surface area contributed by atoms with E-state index in [2.05, 4.69) is 10.2 Å². The number of rotatable bonds is 4. The molecule has 0 amide bonds. The van der Waals surface area contributed by atoms with Gasteiger partial charge in [-0.05, 0) is 31.7 Å². The van der Waals surface area contributed by atoms with Gasteiger partial charge in [-0.3, -0.25) is 4.90 Å². The Bertz CT molecular complexity index is 429. The molecule has 2 fully saturated rings. The van der Waals surface area contributed by atoms with Crippen molar-refractivity contribution in [1.29, 1.82) is 0 Å². The Morgan fingerprint density at radius 1 is 1.33 bits per heavy atom. The second-order valence-electron chi connectivity index (χ2n) is 5.68. The van der Waals surface area contributed by atoms with Crippen molar-refractivity contribution in [2.75, 3.05) is 13.1 Å². The van der Waals surface area contributed by atoms with E-state index in [1.807, 2.05) is 25.1 Å². The molecule has 3 rings (SSSR count). The smallest absolute Gasteiger partial charge is 0.122 e. The lowest BCUT2D eigenvalue weighted by Crippen LogP contribution is -2.32. The first-order valence-electron chi connectivity index (χ1n) is 6.99. The van der Waals surface area contributed by atoms with E-state index >= 15 is 0 Å². The van der Waals surface area contributed by atoms with Crippen LogP contribution < -0.4 is 5.32 Å². The summed E-state index contributed by atoms with van der Waals surface area (Å²) in [4.78, 5) is 2.60. The van der Waals surface area contributed by atoms with Crippen molar-refractivity contribution in [2.45, 2.75) is 44.8 Å². The van der Waals surface area contributed by atoms with Crippen LogP contribution in [0.25, 0.3) is 0 Å². The van der Waals surface area contributed by atoms with E-state index in [9.17, 15) is 5.11 Å². The number of likely N-dealkylation sites (tertiary alicyclic amines) is 1. The number of para-hydroxylation sites is 1. The monoisotopic (exact) mass is 246 g/mol. The van der Waals surface area contributed by atoms with Gasteiger partial charge in [0.05, 0.1) is 0 Å². The molecule has 1 aromatic carbocycles. The van der Waals surface area contributed by atoms with Gasteiger partial charge in [-0.2, -0.15) is 0 Å². The highest BCUT2D eigenvalue weighted by Gasteiger charge is 2.34. The summed E-state index contributed by atoms with van der Waals surface area (Å²) in [5.74, 6) is 0.446. The standard InChI is InChI=1S/C15H22N2O/c1-11-3-2-4-12(15(11)18)9-16-13-7-8-17(10-13)14-5-6-14/h2-4,13-14,16,18H,5-10H2,1H3. The third kappa shape index (κ3) is 2.52. The maximum atomic E-state index is 9.97. The van der Waals surface area contributed by atoms with Crippen LogP contribution in [0.5, 0.6) is 5.75 Å². The molecule has 0 radical (unpaired) electrons. The highest BCUT2D eigenvalue weighted by molar-refractivity contribution is 5.39. The van der Waals surface area contributed by atoms with Gasteiger partial charge >= 0.3 is 0 Å². The molecule has 2 aliphatic rings. The molecular weight excluding hydrogens is 224 g/mol. The number of benzene rings is 1. The zero-order valence-corrected chi connectivity index (χ0v) is 11.0. The number of hydrogen-bond acceptors (Lipinski definition) is 3. The second kappa shape index (κ2) is 4.90. The van der Waals surface area contributed by atoms with Crippen molar-refractivity contribution in [1.82, 2.24) is 10.2 Å². The Hall–Kier alpha value is -1.06. The molecule has 0 aromatic heterocycles. The lowest BCUT2D eigenvalue weighted by Gasteiger charge is -2.16. The van der Waals surface area contributed by atoms with Crippen LogP contribution in [-0.4, -0.2) is 35.2 Å². The first kappa shape index (κ1) is 12.0. The van der Waals surface area contributed by atoms with E-state index in [4.69, 9.17) is 0 Å². The number of hydrogen-bond donors (Lipinski definition) is 2. The number of nitrogens with one attached hydrogen (secondary N) is 1. The summed E-state index contributed by atoms with van der Waals surface area (Å²) in [7, 11) is 0. The highest BCUT2D eigenvalue weighted by Crippen LogP contribution is 2.30. The van der Waals surface area contributed by atoms with Crippen molar-refractivity contribution in [2.24, 2.45) is 0 Å². The van der Waals surface area contributed by atoms with Crippen molar-refractivity contribution in [3.05, 3.63) is 29.3 Å². The Morgan fingerprint density at radius 3 is 2.94 bits per heavy atom. The summed E-state index contributed by atoms with van der Waals surface area (Å²) in [6.07, 6.45) is 4.03. The predicted molar refractivity (Wildman–Crippen MR) is 72.7 cm³/mol. The topological polar surface area (TPSA) is 35.5 Å². The molecule has 1 atom stereocenters. The fraction of sp³-hybridized carbons (Fsp3) is 0.600. The van der Waals surface area contributed by atoms with Gasteiger partial charge in [0, 0.05) is 37.3 Å². The first-order valence-corrected chi connectivity index (χ1v) is 6.99. The Morgan fingerprint density at radius 2 is 2.17 bits per heavy atom. The van der Waals surface area contributed by atoms with E-state index in [-0.39, 0.29) is 0 Å². The summed E-state index contributed by atoms with van der Waals surface area (Å²) >= 11 is 0. The van der Waals surface area contributed by atoms with Crippen molar-refractivity contribution < 1.29 is 5.11 Å². The Balaban J connectivity index is 1.53. The fourth-order valence-corrected chi connectivity index (χ4v) is 2.84. The summed E-state index contributed by atoms with van der Waals surface area (Å²) < 4.78 is 0. The summed E-state index contributed by atoms with van der Waals surface area (Å²) in [6.45, 7) is 5.14. The maximum absolute atomic E-state index is 9.97. The molecule has 1 aliphatic carbocycles. The largest absolute Gasteiger partial charge is 0.507 e. The fourth-order valence-electron chi connectivity index (χ4n) is 2.84. The van der Waals surface area contributed by atoms with Crippen LogP contribution in [0.3, 0.4) is 0 Å². The van der Waals surface area contributed by atoms with Gasteiger partial charge in [-0.25, -0.2) is 0 Å². The van der Waals surface area contributed by atoms with Gasteiger partial charge in [0.15, 0.2) is 0 Å². The minimum atomic E-state index is 0.446. The van der Waals surface area contributed by atoms with Crippen LogP contribution in [0.2, 0.25) is 0 Å². The highest BCUT2D eigenvalue weighted by atomic mass is 16.3. The van der Waals surface area contributed by atoms with Gasteiger partial charge in [-0.15, -0.1) is 0 Å². The first-order chi connectivity index (χ1) is 8.74. The van der Waals surface area contributed by atoms with Crippen LogP contribution in [0, 0.1) is 6.92 Å². The maximum Gasteiger partial charge on any atom is 0.122 e. The number of phenolic OH excluding ortho intramolecular Hbond substituents is 1. The number of aryl methyl sites for hydroxylation is 1. The third-order valence-electron chi connectivity index (χ3n) is 4.19. The van der Waals surface area contributed by atoms with Crippen LogP contribution in [0.4, 0.5) is 0 Å². The van der Waals surface area contributed by atoms with E-state index in [0.717, 1.165) is 23.7 Å². The summed E-state index contributed by atoms with van der Waals surface area (Å²) in [6, 6.07) is 7.43. The summed E-state index contributed by atoms with van der Waals surface area (Å²) in [5.41, 5.74) is 1.97. The molecule has 1 unspecified atom stereocenters. The Labute approximate surface area is 109 Å². The number of aromatic hydroxyl groups is 1. The quantitative estimate of drug-likeness (QED) is 0.853. The molecule has 1 aliphatic heterocycles. The van der Waals surface area contributed by atoms with Crippen molar-refractivity contribution in [3.63, 3.8) is 0 Å². The van der Waals surface area contributed by atoms with Crippen LogP contribution in [-0.2, 0) is 6.54 Å². The Kier molecular flexibility index (Phi) is 3.27. The number of phenols is 1. The van der Waals surface area contributed by atoms with Gasteiger partial charge in [0.2, 0.25) is 0 Å². The van der Waals surface area contributed by atoms with Crippen molar-refractivity contribution in [3.8, 4) is 5.75 Å². The molecule has 3 heteroatoms. The average molecular weight is 246 g/mol. The van der Waals surface area contributed by atoms with E-state index in [1.165, 1.54) is 32.4 Å². The van der Waals surface area contributed by atoms with Gasteiger partial charge in [0.1, 0.15) is 5.75 Å². The molecule has 0 spiro atoms. The zero-order valence-electron chi connectivity index (χ0n) is 11.0. The normalized spacial score (nSPS) is 24.6.